The predicted octanol–water partition coefficient (Wildman–Crippen LogP) is 1.52. The molecular formula is C14H17N5O. The van der Waals surface area contributed by atoms with Gasteiger partial charge in [-0.05, 0) is 25.0 Å². The third-order valence-corrected chi connectivity index (χ3v) is 3.32. The van der Waals surface area contributed by atoms with Crippen LogP contribution in [0.3, 0.4) is 0 Å². The lowest BCUT2D eigenvalue weighted by Crippen LogP contribution is -2.40. The molecule has 2 aromatic rings. The van der Waals surface area contributed by atoms with Gasteiger partial charge in [0.1, 0.15) is 0 Å². The Kier molecular flexibility index (Phi) is 3.37. The normalized spacial score (nSPS) is 14.5. The molecule has 0 amide bonds. The fourth-order valence-corrected chi connectivity index (χ4v) is 2.42. The maximum atomic E-state index is 5.09. The molecule has 2 heterocycles. The van der Waals surface area contributed by atoms with E-state index in [1.165, 1.54) is 11.3 Å². The summed E-state index contributed by atoms with van der Waals surface area (Å²) in [6.45, 7) is 3.21. The second-order valence-electron chi connectivity index (χ2n) is 4.67. The third-order valence-electron chi connectivity index (χ3n) is 3.32. The summed E-state index contributed by atoms with van der Waals surface area (Å²) in [5.41, 5.74) is 2.56. The van der Waals surface area contributed by atoms with E-state index in [1.54, 1.807) is 14.0 Å². The van der Waals surface area contributed by atoms with Crippen molar-refractivity contribution in [3.63, 3.8) is 0 Å². The number of para-hydroxylation sites is 1. The van der Waals surface area contributed by atoms with Crippen LogP contribution in [0.25, 0.3) is 0 Å². The molecular weight excluding hydrogens is 254 g/mol. The summed E-state index contributed by atoms with van der Waals surface area (Å²) in [4.78, 5) is 10.7. The summed E-state index contributed by atoms with van der Waals surface area (Å²) < 4.78 is 5.09. The quantitative estimate of drug-likeness (QED) is 0.662. The highest BCUT2D eigenvalue weighted by atomic mass is 16.5. The van der Waals surface area contributed by atoms with Gasteiger partial charge in [0.05, 0.1) is 6.54 Å². The average Bonchev–Trinajstić information content (AvgIpc) is 3.07. The van der Waals surface area contributed by atoms with Crippen LogP contribution in [0.2, 0.25) is 0 Å². The first-order valence-corrected chi connectivity index (χ1v) is 6.63. The molecule has 6 nitrogen and oxygen atoms in total. The Labute approximate surface area is 117 Å². The number of aliphatic imine (C=N–C) groups is 1. The Balaban J connectivity index is 1.72. The average molecular weight is 271 g/mol. The monoisotopic (exact) mass is 271 g/mol. The SMILES string of the molecule is CN=C(NCc1nc(C)no1)N1CCc2ccccc21. The fourth-order valence-electron chi connectivity index (χ4n) is 2.42. The molecule has 0 saturated carbocycles. The number of anilines is 1. The van der Waals surface area contributed by atoms with Gasteiger partial charge in [-0.2, -0.15) is 4.98 Å². The summed E-state index contributed by atoms with van der Waals surface area (Å²) in [6.07, 6.45) is 1.04. The second-order valence-corrected chi connectivity index (χ2v) is 4.67. The molecule has 0 spiro atoms. The number of benzene rings is 1. The van der Waals surface area contributed by atoms with Crippen molar-refractivity contribution in [2.24, 2.45) is 4.99 Å². The van der Waals surface area contributed by atoms with E-state index in [1.807, 2.05) is 6.07 Å². The first kappa shape index (κ1) is 12.7. The molecule has 6 heteroatoms. The zero-order valence-corrected chi connectivity index (χ0v) is 11.6. The van der Waals surface area contributed by atoms with Crippen LogP contribution in [0.15, 0.2) is 33.8 Å². The number of hydrogen-bond donors (Lipinski definition) is 1. The summed E-state index contributed by atoms with van der Waals surface area (Å²) in [6, 6.07) is 8.39. The van der Waals surface area contributed by atoms with Crippen LogP contribution in [0.1, 0.15) is 17.3 Å². The van der Waals surface area contributed by atoms with Crippen LogP contribution in [-0.2, 0) is 13.0 Å². The number of hydrogen-bond acceptors (Lipinski definition) is 4. The van der Waals surface area contributed by atoms with E-state index in [9.17, 15) is 0 Å². The second kappa shape index (κ2) is 5.32. The smallest absolute Gasteiger partial charge is 0.246 e. The van der Waals surface area contributed by atoms with E-state index in [0.717, 1.165) is 18.9 Å². The lowest BCUT2D eigenvalue weighted by Gasteiger charge is -2.21. The van der Waals surface area contributed by atoms with Crippen molar-refractivity contribution in [1.29, 1.82) is 0 Å². The summed E-state index contributed by atoms with van der Waals surface area (Å²) in [7, 11) is 1.78. The molecule has 0 radical (unpaired) electrons. The van der Waals surface area contributed by atoms with Crippen molar-refractivity contribution in [3.05, 3.63) is 41.5 Å². The van der Waals surface area contributed by atoms with Gasteiger partial charge in [-0.3, -0.25) is 4.99 Å². The number of rotatable bonds is 2. The number of aromatic nitrogens is 2. The molecule has 20 heavy (non-hydrogen) atoms. The predicted molar refractivity (Wildman–Crippen MR) is 76.7 cm³/mol. The van der Waals surface area contributed by atoms with Crippen LogP contribution in [-0.4, -0.2) is 29.7 Å². The number of aryl methyl sites for hydroxylation is 1. The van der Waals surface area contributed by atoms with Gasteiger partial charge in [0.25, 0.3) is 0 Å². The Hall–Kier alpha value is -2.37. The minimum atomic E-state index is 0.478. The zero-order valence-electron chi connectivity index (χ0n) is 11.6. The molecule has 104 valence electrons. The minimum Gasteiger partial charge on any atom is -0.347 e. The maximum Gasteiger partial charge on any atom is 0.246 e. The van der Waals surface area contributed by atoms with Crippen molar-refractivity contribution in [2.75, 3.05) is 18.5 Å². The van der Waals surface area contributed by atoms with Crippen LogP contribution >= 0.6 is 0 Å². The molecule has 1 aliphatic heterocycles. The Morgan fingerprint density at radius 1 is 1.45 bits per heavy atom. The Morgan fingerprint density at radius 2 is 2.30 bits per heavy atom. The minimum absolute atomic E-state index is 0.478. The zero-order chi connectivity index (χ0) is 13.9. The van der Waals surface area contributed by atoms with Gasteiger partial charge in [-0.1, -0.05) is 23.4 Å². The number of nitrogens with one attached hydrogen (secondary N) is 1. The van der Waals surface area contributed by atoms with Gasteiger partial charge >= 0.3 is 0 Å². The highest BCUT2D eigenvalue weighted by Crippen LogP contribution is 2.27. The first-order chi connectivity index (χ1) is 9.78. The van der Waals surface area contributed by atoms with Gasteiger partial charge in [0.15, 0.2) is 11.8 Å². The summed E-state index contributed by atoms with van der Waals surface area (Å²) >= 11 is 0. The largest absolute Gasteiger partial charge is 0.347 e. The summed E-state index contributed by atoms with van der Waals surface area (Å²) in [5, 5.41) is 7.04. The van der Waals surface area contributed by atoms with E-state index in [2.05, 4.69) is 43.5 Å². The molecule has 0 saturated heterocycles. The molecule has 1 aliphatic rings. The topological polar surface area (TPSA) is 66.5 Å². The highest BCUT2D eigenvalue weighted by Gasteiger charge is 2.22. The molecule has 0 atom stereocenters. The Bertz CT molecular complexity index is 634. The van der Waals surface area contributed by atoms with Crippen LogP contribution in [0.4, 0.5) is 5.69 Å². The standard InChI is InChI=1S/C14H17N5O/c1-10-17-13(20-18-10)9-16-14(15-2)19-8-7-11-5-3-4-6-12(11)19/h3-6H,7-9H2,1-2H3,(H,15,16). The molecule has 0 aliphatic carbocycles. The van der Waals surface area contributed by atoms with Crippen molar-refractivity contribution in [3.8, 4) is 0 Å². The molecule has 1 aromatic heterocycles. The molecule has 3 rings (SSSR count). The van der Waals surface area contributed by atoms with E-state index in [-0.39, 0.29) is 0 Å². The van der Waals surface area contributed by atoms with Crippen molar-refractivity contribution >= 4 is 11.6 Å². The van der Waals surface area contributed by atoms with Gasteiger partial charge < -0.3 is 14.7 Å². The fraction of sp³-hybridized carbons (Fsp3) is 0.357. The van der Waals surface area contributed by atoms with Gasteiger partial charge in [0.2, 0.25) is 5.89 Å². The van der Waals surface area contributed by atoms with Gasteiger partial charge in [-0.25, -0.2) is 0 Å². The van der Waals surface area contributed by atoms with Crippen LogP contribution < -0.4 is 10.2 Å². The molecule has 0 fully saturated rings. The maximum absolute atomic E-state index is 5.09. The van der Waals surface area contributed by atoms with E-state index in [0.29, 0.717) is 18.3 Å². The molecule has 1 N–H and O–H groups in total. The summed E-state index contributed by atoms with van der Waals surface area (Å²) in [5.74, 6) is 2.03. The molecule has 0 bridgehead atoms. The number of nitrogens with zero attached hydrogens (tertiary/aromatic N) is 4. The molecule has 1 aromatic carbocycles. The van der Waals surface area contributed by atoms with Crippen molar-refractivity contribution in [2.45, 2.75) is 19.9 Å². The van der Waals surface area contributed by atoms with Crippen molar-refractivity contribution < 1.29 is 4.52 Å². The Morgan fingerprint density at radius 3 is 3.05 bits per heavy atom. The van der Waals surface area contributed by atoms with Crippen LogP contribution in [0.5, 0.6) is 0 Å². The highest BCUT2D eigenvalue weighted by molar-refractivity contribution is 5.97. The van der Waals surface area contributed by atoms with E-state index >= 15 is 0 Å². The van der Waals surface area contributed by atoms with Gasteiger partial charge in [-0.15, -0.1) is 0 Å². The van der Waals surface area contributed by atoms with Crippen molar-refractivity contribution in [1.82, 2.24) is 15.5 Å². The number of guanidine groups is 1. The molecule has 0 unspecified atom stereocenters. The van der Waals surface area contributed by atoms with Crippen LogP contribution in [0, 0.1) is 6.92 Å². The lowest BCUT2D eigenvalue weighted by atomic mass is 10.2. The first-order valence-electron chi connectivity index (χ1n) is 6.63. The third kappa shape index (κ3) is 2.36. The van der Waals surface area contributed by atoms with E-state index in [4.69, 9.17) is 4.52 Å². The van der Waals surface area contributed by atoms with E-state index < -0.39 is 0 Å². The number of fused-ring (bicyclic) bond motifs is 1. The lowest BCUT2D eigenvalue weighted by molar-refractivity contribution is 0.371. The van der Waals surface area contributed by atoms with Gasteiger partial charge in [0, 0.05) is 19.3 Å².